The number of anilines is 1. The van der Waals surface area contributed by atoms with E-state index in [0.717, 1.165) is 35.8 Å². The van der Waals surface area contributed by atoms with Gasteiger partial charge in [0.15, 0.2) is 0 Å². The second-order valence-electron chi connectivity index (χ2n) is 6.48. The molecule has 3 aromatic rings. The molecule has 0 aliphatic carbocycles. The molecule has 1 amide bonds. The first-order valence-electron chi connectivity index (χ1n) is 9.04. The zero-order valence-corrected chi connectivity index (χ0v) is 15.3. The van der Waals surface area contributed by atoms with E-state index in [9.17, 15) is 4.79 Å². The van der Waals surface area contributed by atoms with Crippen molar-refractivity contribution < 1.29 is 9.53 Å². The maximum atomic E-state index is 13.0. The Morgan fingerprint density at radius 2 is 1.70 bits per heavy atom. The van der Waals surface area contributed by atoms with Crippen molar-refractivity contribution in [1.29, 1.82) is 0 Å². The molecule has 0 radical (unpaired) electrons. The number of ether oxygens (including phenoxy) is 1. The molecule has 138 valence electrons. The van der Waals surface area contributed by atoms with Crippen molar-refractivity contribution in [1.82, 2.24) is 15.1 Å². The second kappa shape index (κ2) is 7.53. The molecule has 6 heteroatoms. The Kier molecular flexibility index (Phi) is 4.78. The lowest BCUT2D eigenvalue weighted by atomic mass is 10.1. The van der Waals surface area contributed by atoms with Gasteiger partial charge in [0.2, 0.25) is 0 Å². The summed E-state index contributed by atoms with van der Waals surface area (Å²) in [6.45, 7) is 2.86. The van der Waals surface area contributed by atoms with Crippen LogP contribution in [0.2, 0.25) is 0 Å². The number of nitrogens with one attached hydrogen (secondary N) is 1. The van der Waals surface area contributed by atoms with Crippen LogP contribution >= 0.6 is 0 Å². The average molecular weight is 362 g/mol. The molecule has 1 N–H and O–H groups in total. The van der Waals surface area contributed by atoms with Gasteiger partial charge in [0.1, 0.15) is 5.75 Å². The van der Waals surface area contributed by atoms with Gasteiger partial charge in [-0.05, 0) is 12.1 Å². The van der Waals surface area contributed by atoms with E-state index in [1.165, 1.54) is 0 Å². The third-order valence-corrected chi connectivity index (χ3v) is 4.92. The van der Waals surface area contributed by atoms with Crippen LogP contribution in [0.3, 0.4) is 0 Å². The third-order valence-electron chi connectivity index (χ3n) is 4.92. The van der Waals surface area contributed by atoms with Crippen LogP contribution in [0.5, 0.6) is 5.75 Å². The maximum absolute atomic E-state index is 13.0. The lowest BCUT2D eigenvalue weighted by Crippen LogP contribution is -2.48. The summed E-state index contributed by atoms with van der Waals surface area (Å²) < 4.78 is 5.46. The highest BCUT2D eigenvalue weighted by molar-refractivity contribution is 5.99. The number of benzene rings is 2. The maximum Gasteiger partial charge on any atom is 0.257 e. The van der Waals surface area contributed by atoms with Crippen molar-refractivity contribution in [3.63, 3.8) is 0 Å². The first-order valence-corrected chi connectivity index (χ1v) is 9.04. The van der Waals surface area contributed by atoms with Crippen LogP contribution in [0.25, 0.3) is 11.3 Å². The topological polar surface area (TPSA) is 61.5 Å². The summed E-state index contributed by atoms with van der Waals surface area (Å²) in [7, 11) is 1.68. The highest BCUT2D eigenvalue weighted by Gasteiger charge is 2.26. The summed E-state index contributed by atoms with van der Waals surface area (Å²) in [5.74, 6) is 0.876. The van der Waals surface area contributed by atoms with Gasteiger partial charge in [0.05, 0.1) is 30.3 Å². The third kappa shape index (κ3) is 3.38. The van der Waals surface area contributed by atoms with E-state index in [4.69, 9.17) is 4.74 Å². The summed E-state index contributed by atoms with van der Waals surface area (Å²) in [4.78, 5) is 17.2. The fraction of sp³-hybridized carbons (Fsp3) is 0.238. The number of hydrogen-bond acceptors (Lipinski definition) is 4. The molecule has 0 saturated carbocycles. The van der Waals surface area contributed by atoms with Crippen molar-refractivity contribution in [3.05, 3.63) is 66.4 Å². The minimum atomic E-state index is 0.0160. The minimum absolute atomic E-state index is 0.0160. The Hall–Kier alpha value is -3.28. The lowest BCUT2D eigenvalue weighted by Gasteiger charge is -2.36. The Balaban J connectivity index is 1.48. The van der Waals surface area contributed by atoms with Crippen molar-refractivity contribution in [2.24, 2.45) is 0 Å². The van der Waals surface area contributed by atoms with Crippen LogP contribution in [0, 0.1) is 0 Å². The van der Waals surface area contributed by atoms with Crippen molar-refractivity contribution in [2.75, 3.05) is 38.2 Å². The monoisotopic (exact) mass is 362 g/mol. The Bertz CT molecular complexity index is 915. The van der Waals surface area contributed by atoms with Gasteiger partial charge < -0.3 is 14.5 Å². The summed E-state index contributed by atoms with van der Waals surface area (Å²) in [6, 6.07) is 17.8. The van der Waals surface area contributed by atoms with E-state index in [1.807, 2.05) is 53.4 Å². The number of aromatic amines is 1. The zero-order chi connectivity index (χ0) is 18.6. The molecule has 0 atom stereocenters. The van der Waals surface area contributed by atoms with Crippen LogP contribution in [-0.2, 0) is 0 Å². The minimum Gasteiger partial charge on any atom is -0.495 e. The number of aromatic nitrogens is 2. The fourth-order valence-corrected chi connectivity index (χ4v) is 3.48. The summed E-state index contributed by atoms with van der Waals surface area (Å²) in [5, 5.41) is 7.07. The first-order chi connectivity index (χ1) is 13.3. The number of carbonyl (C=O) groups is 1. The molecule has 1 aliphatic heterocycles. The normalized spacial score (nSPS) is 14.3. The van der Waals surface area contributed by atoms with Crippen LogP contribution in [0.15, 0.2) is 60.8 Å². The molecule has 4 rings (SSSR count). The molecule has 6 nitrogen and oxygen atoms in total. The van der Waals surface area contributed by atoms with Crippen molar-refractivity contribution in [3.8, 4) is 17.0 Å². The van der Waals surface area contributed by atoms with Gasteiger partial charge in [-0.3, -0.25) is 9.89 Å². The number of methoxy groups -OCH3 is 1. The Labute approximate surface area is 158 Å². The zero-order valence-electron chi connectivity index (χ0n) is 15.3. The van der Waals surface area contributed by atoms with Crippen LogP contribution < -0.4 is 9.64 Å². The van der Waals surface area contributed by atoms with Gasteiger partial charge in [-0.15, -0.1) is 0 Å². The number of nitrogens with zero attached hydrogens (tertiary/aromatic N) is 3. The molecule has 0 bridgehead atoms. The number of hydrogen-bond donors (Lipinski definition) is 1. The summed E-state index contributed by atoms with van der Waals surface area (Å²) >= 11 is 0. The SMILES string of the molecule is COc1ccccc1N1CCN(C(=O)c2cn[nH]c2-c2ccccc2)CC1. The largest absolute Gasteiger partial charge is 0.495 e. The van der Waals surface area contributed by atoms with Crippen molar-refractivity contribution in [2.45, 2.75) is 0 Å². The van der Waals surface area contributed by atoms with Crippen molar-refractivity contribution >= 4 is 11.6 Å². The molecule has 27 heavy (non-hydrogen) atoms. The standard InChI is InChI=1S/C21H22N4O2/c1-27-19-10-6-5-9-18(19)24-11-13-25(14-12-24)21(26)17-15-22-23-20(17)16-7-3-2-4-8-16/h2-10,15H,11-14H2,1H3,(H,22,23). The van der Waals surface area contributed by atoms with E-state index in [2.05, 4.69) is 21.2 Å². The summed E-state index contributed by atoms with van der Waals surface area (Å²) in [5.41, 5.74) is 3.42. The predicted octanol–water partition coefficient (Wildman–Crippen LogP) is 3.05. The molecule has 1 aromatic heterocycles. The fourth-order valence-electron chi connectivity index (χ4n) is 3.48. The second-order valence-corrected chi connectivity index (χ2v) is 6.48. The number of piperazine rings is 1. The molecule has 0 unspecified atom stereocenters. The molecular formula is C21H22N4O2. The Morgan fingerprint density at radius 1 is 1.00 bits per heavy atom. The lowest BCUT2D eigenvalue weighted by molar-refractivity contribution is 0.0747. The van der Waals surface area contributed by atoms with Gasteiger partial charge >= 0.3 is 0 Å². The first kappa shape index (κ1) is 17.1. The van der Waals surface area contributed by atoms with Crippen LogP contribution in [0.1, 0.15) is 10.4 Å². The van der Waals surface area contributed by atoms with Gasteiger partial charge in [-0.25, -0.2) is 0 Å². The van der Waals surface area contributed by atoms with Gasteiger partial charge in [0, 0.05) is 31.7 Å². The summed E-state index contributed by atoms with van der Waals surface area (Å²) in [6.07, 6.45) is 1.62. The average Bonchev–Trinajstić information content (AvgIpc) is 3.24. The van der Waals surface area contributed by atoms with Crippen LogP contribution in [0.4, 0.5) is 5.69 Å². The van der Waals surface area contributed by atoms with E-state index in [0.29, 0.717) is 18.7 Å². The molecule has 2 heterocycles. The molecule has 1 saturated heterocycles. The van der Waals surface area contributed by atoms with Crippen LogP contribution in [-0.4, -0.2) is 54.3 Å². The number of para-hydroxylation sites is 2. The van der Waals surface area contributed by atoms with E-state index < -0.39 is 0 Å². The smallest absolute Gasteiger partial charge is 0.257 e. The quantitative estimate of drug-likeness (QED) is 0.775. The molecule has 2 aromatic carbocycles. The van der Waals surface area contributed by atoms with E-state index in [-0.39, 0.29) is 5.91 Å². The van der Waals surface area contributed by atoms with Gasteiger partial charge in [-0.1, -0.05) is 42.5 Å². The highest BCUT2D eigenvalue weighted by Crippen LogP contribution is 2.29. The van der Waals surface area contributed by atoms with Gasteiger partial charge in [-0.2, -0.15) is 5.10 Å². The van der Waals surface area contributed by atoms with E-state index >= 15 is 0 Å². The molecule has 1 fully saturated rings. The number of carbonyl (C=O) groups excluding carboxylic acids is 1. The number of rotatable bonds is 4. The predicted molar refractivity (Wildman–Crippen MR) is 105 cm³/mol. The van der Waals surface area contributed by atoms with E-state index in [1.54, 1.807) is 13.3 Å². The van der Waals surface area contributed by atoms with Gasteiger partial charge in [0.25, 0.3) is 5.91 Å². The molecule has 0 spiro atoms. The number of amides is 1. The Morgan fingerprint density at radius 3 is 2.44 bits per heavy atom. The number of H-pyrrole nitrogens is 1. The molecular weight excluding hydrogens is 340 g/mol. The molecule has 1 aliphatic rings. The highest BCUT2D eigenvalue weighted by atomic mass is 16.5.